The molecule has 0 fully saturated rings. The summed E-state index contributed by atoms with van der Waals surface area (Å²) in [4.78, 5) is 8.37. The number of rotatable bonds is 7. The van der Waals surface area contributed by atoms with Gasteiger partial charge in [0.15, 0.2) is 5.75 Å². The summed E-state index contributed by atoms with van der Waals surface area (Å²) in [5.74, 6) is -0.897. The first-order chi connectivity index (χ1) is 18.3. The number of azo groups is 2. The molecule has 0 saturated carbocycles. The van der Waals surface area contributed by atoms with Crippen molar-refractivity contribution in [3.05, 3.63) is 76.8 Å². The molecule has 41 heavy (non-hydrogen) atoms. The molecule has 4 aromatic rings. The molecule has 5 N–H and O–H groups in total. The van der Waals surface area contributed by atoms with Crippen LogP contribution in [-0.4, -0.2) is 95.1 Å². The van der Waals surface area contributed by atoms with Gasteiger partial charge in [0, 0.05) is 12.1 Å². The van der Waals surface area contributed by atoms with Crippen molar-refractivity contribution in [2.75, 3.05) is 5.73 Å². The molecular formula is C22H18N6Na2O9S2. The van der Waals surface area contributed by atoms with Gasteiger partial charge < -0.3 is 10.8 Å². The molecule has 0 aliphatic rings. The van der Waals surface area contributed by atoms with Gasteiger partial charge in [-0.15, -0.1) is 10.2 Å². The zero-order chi connectivity index (χ0) is 28.5. The minimum atomic E-state index is -5.05. The molecule has 0 aromatic heterocycles. The number of nitrogens with two attached hydrogens (primary N) is 1. The number of anilines is 1. The number of nitro benzene ring substituents is 1. The summed E-state index contributed by atoms with van der Waals surface area (Å²) >= 11 is 0. The van der Waals surface area contributed by atoms with Crippen LogP contribution in [0, 0.1) is 10.1 Å². The molecule has 0 saturated heterocycles. The van der Waals surface area contributed by atoms with E-state index in [1.54, 1.807) is 18.2 Å². The van der Waals surface area contributed by atoms with Gasteiger partial charge in [-0.05, 0) is 41.8 Å². The Labute approximate surface area is 276 Å². The van der Waals surface area contributed by atoms with Gasteiger partial charge in [0.2, 0.25) is 0 Å². The maximum absolute atomic E-state index is 12.1. The normalized spacial score (nSPS) is 11.9. The Bertz CT molecular complexity index is 1900. The number of non-ortho nitro benzene ring substituents is 1. The van der Waals surface area contributed by atoms with Gasteiger partial charge in [-0.2, -0.15) is 27.1 Å². The van der Waals surface area contributed by atoms with Gasteiger partial charge in [-0.25, -0.2) is 0 Å². The molecule has 0 heterocycles. The van der Waals surface area contributed by atoms with Crippen molar-refractivity contribution in [2.24, 2.45) is 20.5 Å². The van der Waals surface area contributed by atoms with Crippen molar-refractivity contribution in [1.82, 2.24) is 0 Å². The molecule has 0 spiro atoms. The first-order valence-electron chi connectivity index (χ1n) is 10.5. The van der Waals surface area contributed by atoms with Gasteiger partial charge in [0.05, 0.1) is 27.4 Å². The first kappa shape index (κ1) is 34.4. The van der Waals surface area contributed by atoms with E-state index < -0.39 is 57.8 Å². The monoisotopic (exact) mass is 620 g/mol. The number of benzene rings is 4. The molecule has 204 valence electrons. The summed E-state index contributed by atoms with van der Waals surface area (Å²) in [7, 11) is -10.1. The quantitative estimate of drug-likeness (QED) is 0.0576. The summed E-state index contributed by atoms with van der Waals surface area (Å²) in [6.07, 6.45) is 0. The summed E-state index contributed by atoms with van der Waals surface area (Å²) in [5.41, 5.74) is 4.29. The van der Waals surface area contributed by atoms with Crippen LogP contribution in [0.5, 0.6) is 5.75 Å². The zero-order valence-electron chi connectivity index (χ0n) is 19.3. The Hall–Kier alpha value is -2.84. The molecule has 0 bridgehead atoms. The van der Waals surface area contributed by atoms with Crippen molar-refractivity contribution in [1.29, 1.82) is 0 Å². The second-order valence-electron chi connectivity index (χ2n) is 7.77. The van der Waals surface area contributed by atoms with E-state index in [0.717, 1.165) is 24.3 Å². The van der Waals surface area contributed by atoms with Crippen LogP contribution in [0.2, 0.25) is 0 Å². The van der Waals surface area contributed by atoms with Crippen molar-refractivity contribution in [3.63, 3.8) is 0 Å². The Morgan fingerprint density at radius 3 is 1.68 bits per heavy atom. The zero-order valence-corrected chi connectivity index (χ0v) is 20.9. The molecular weight excluding hydrogens is 602 g/mol. The predicted molar refractivity (Wildman–Crippen MR) is 152 cm³/mol. The summed E-state index contributed by atoms with van der Waals surface area (Å²) in [6.45, 7) is 0. The van der Waals surface area contributed by atoms with E-state index in [1.165, 1.54) is 24.3 Å². The third-order valence-electron chi connectivity index (χ3n) is 5.22. The van der Waals surface area contributed by atoms with E-state index in [9.17, 15) is 41.2 Å². The third-order valence-corrected chi connectivity index (χ3v) is 6.95. The fourth-order valence-electron chi connectivity index (χ4n) is 3.46. The molecule has 4 aromatic carbocycles. The second-order valence-corrected chi connectivity index (χ2v) is 10.5. The van der Waals surface area contributed by atoms with Gasteiger partial charge >= 0.3 is 59.1 Å². The van der Waals surface area contributed by atoms with Crippen LogP contribution >= 0.6 is 0 Å². The molecule has 4 rings (SSSR count). The van der Waals surface area contributed by atoms with E-state index in [4.69, 9.17) is 5.73 Å². The summed E-state index contributed by atoms with van der Waals surface area (Å²) in [6, 6.07) is 14.2. The molecule has 0 radical (unpaired) electrons. The average molecular weight is 621 g/mol. The molecule has 0 aliphatic carbocycles. The van der Waals surface area contributed by atoms with Gasteiger partial charge in [-0.3, -0.25) is 19.2 Å². The number of aromatic hydroxyl groups is 1. The average Bonchev–Trinajstić information content (AvgIpc) is 2.86. The number of fused-ring (bicyclic) bond motifs is 1. The van der Waals surface area contributed by atoms with Crippen molar-refractivity contribution >= 4 is 124 Å². The Morgan fingerprint density at radius 1 is 0.732 bits per heavy atom. The van der Waals surface area contributed by atoms with Crippen LogP contribution in [0.4, 0.5) is 34.1 Å². The predicted octanol–water partition coefficient (Wildman–Crippen LogP) is 4.06. The molecule has 0 amide bonds. The fraction of sp³-hybridized carbons (Fsp3) is 0. The Balaban J connectivity index is 0.00000294. The Morgan fingerprint density at radius 2 is 1.20 bits per heavy atom. The van der Waals surface area contributed by atoms with Gasteiger partial charge in [0.25, 0.3) is 25.9 Å². The Kier molecular flexibility index (Phi) is 11.3. The first-order valence-corrected chi connectivity index (χ1v) is 13.4. The van der Waals surface area contributed by atoms with Crippen LogP contribution in [0.1, 0.15) is 0 Å². The van der Waals surface area contributed by atoms with Crippen molar-refractivity contribution in [2.45, 2.75) is 9.79 Å². The topological polar surface area (TPSA) is 248 Å². The van der Waals surface area contributed by atoms with Crippen LogP contribution in [0.15, 0.2) is 97.0 Å². The molecule has 15 nitrogen and oxygen atoms in total. The second kappa shape index (κ2) is 13.4. The summed E-state index contributed by atoms with van der Waals surface area (Å²) in [5, 5.41) is 36.3. The van der Waals surface area contributed by atoms with E-state index in [0.29, 0.717) is 0 Å². The van der Waals surface area contributed by atoms with Gasteiger partial charge in [0.1, 0.15) is 21.2 Å². The number of nitrogen functional groups attached to an aromatic ring is 1. The molecule has 0 unspecified atom stereocenters. The van der Waals surface area contributed by atoms with E-state index in [2.05, 4.69) is 20.5 Å². The van der Waals surface area contributed by atoms with Crippen molar-refractivity contribution in [3.8, 4) is 5.75 Å². The number of nitrogens with zero attached hydrogens (tertiary/aromatic N) is 5. The minimum absolute atomic E-state index is 0. The van der Waals surface area contributed by atoms with Crippen LogP contribution in [0.25, 0.3) is 10.8 Å². The number of phenolic OH excluding ortho intramolecular Hbond substituents is 1. The standard InChI is InChI=1S/C22H16N6O9S2.2Na.2H/c23-19-18-12(11-17(39(35,36)37)21(22(18)29)27-24-13-4-2-1-3-5-13)10-16(38(32,33)34)20(19)26-25-14-6-8-15(9-7-14)28(30)31;;;;/h1-11,29H,23H2,(H,32,33,34)(H,35,36,37);;;;. The van der Waals surface area contributed by atoms with Crippen LogP contribution in [-0.2, 0) is 20.2 Å². The molecule has 0 aliphatic heterocycles. The maximum atomic E-state index is 12.1. The molecule has 19 heteroatoms. The van der Waals surface area contributed by atoms with Gasteiger partial charge in [-0.1, -0.05) is 18.2 Å². The van der Waals surface area contributed by atoms with Crippen LogP contribution < -0.4 is 5.73 Å². The number of hydrogen-bond donors (Lipinski definition) is 4. The molecule has 0 atom stereocenters. The third kappa shape index (κ3) is 7.72. The SMILES string of the molecule is Nc1c(N=Nc2ccc([N+](=O)[O-])cc2)c(S(=O)(=O)O)cc2cc(S(=O)(=O)O)c(N=Nc3ccccc3)c(O)c12.[NaH].[NaH]. The number of hydrogen-bond acceptors (Lipinski definition) is 12. The van der Waals surface area contributed by atoms with E-state index in [1.807, 2.05) is 0 Å². The number of phenols is 1. The summed E-state index contributed by atoms with van der Waals surface area (Å²) < 4.78 is 68.0. The number of nitro groups is 1. The fourth-order valence-corrected chi connectivity index (χ4v) is 4.78. The van der Waals surface area contributed by atoms with Crippen LogP contribution in [0.3, 0.4) is 0 Å². The van der Waals surface area contributed by atoms with E-state index in [-0.39, 0.29) is 86.9 Å². The van der Waals surface area contributed by atoms with Crippen molar-refractivity contribution < 1.29 is 36.0 Å². The van der Waals surface area contributed by atoms with E-state index >= 15 is 0 Å².